The second kappa shape index (κ2) is 7.05. The Hall–Kier alpha value is -1.88. The minimum absolute atomic E-state index is 0.0246. The fraction of sp³-hybridized carbons (Fsp3) is 0.467. The maximum Gasteiger partial charge on any atom is 0.223 e. The highest BCUT2D eigenvalue weighted by atomic mass is 16.5. The summed E-state index contributed by atoms with van der Waals surface area (Å²) < 4.78 is 5.21. The lowest BCUT2D eigenvalue weighted by Crippen LogP contribution is -2.41. The molecule has 1 heterocycles. The van der Waals surface area contributed by atoms with E-state index in [2.05, 4.69) is 0 Å². The van der Waals surface area contributed by atoms with Crippen LogP contribution in [0, 0.1) is 0 Å². The maximum atomic E-state index is 12.2. The quantitative estimate of drug-likeness (QED) is 0.768. The Morgan fingerprint density at radius 1 is 1.15 bits per heavy atom. The number of hydrogen-bond acceptors (Lipinski definition) is 4. The third-order valence-electron chi connectivity index (χ3n) is 3.47. The van der Waals surface area contributed by atoms with Crippen molar-refractivity contribution in [1.82, 2.24) is 4.90 Å². The highest BCUT2D eigenvalue weighted by Crippen LogP contribution is 2.24. The largest absolute Gasteiger partial charge is 0.550 e. The van der Waals surface area contributed by atoms with Crippen LogP contribution in [0.15, 0.2) is 30.3 Å². The number of rotatable bonds is 5. The van der Waals surface area contributed by atoms with E-state index in [-0.39, 0.29) is 24.7 Å². The van der Waals surface area contributed by atoms with E-state index in [1.165, 1.54) is 0 Å². The number of hydrogen-bond donors (Lipinski definition) is 0. The number of nitrogens with zero attached hydrogens (tertiary/aromatic N) is 1. The molecule has 5 heteroatoms. The first-order chi connectivity index (χ1) is 9.66. The summed E-state index contributed by atoms with van der Waals surface area (Å²) in [5, 5.41) is 10.9. The van der Waals surface area contributed by atoms with Gasteiger partial charge in [-0.05, 0) is 17.9 Å². The van der Waals surface area contributed by atoms with Gasteiger partial charge in [0.1, 0.15) is 0 Å². The molecule has 0 spiro atoms. The number of morpholine rings is 1. The van der Waals surface area contributed by atoms with E-state index in [1.807, 2.05) is 30.3 Å². The van der Waals surface area contributed by atoms with Crippen LogP contribution in [0.1, 0.15) is 24.3 Å². The summed E-state index contributed by atoms with van der Waals surface area (Å²) in [6.45, 7) is 2.24. The Morgan fingerprint density at radius 2 is 1.80 bits per heavy atom. The number of carboxylic acids is 1. The van der Waals surface area contributed by atoms with Crippen molar-refractivity contribution in [2.24, 2.45) is 0 Å². The van der Waals surface area contributed by atoms with Crippen molar-refractivity contribution in [3.8, 4) is 0 Å². The van der Waals surface area contributed by atoms with E-state index in [0.29, 0.717) is 26.3 Å². The van der Waals surface area contributed by atoms with Gasteiger partial charge < -0.3 is 19.5 Å². The number of carbonyl (C=O) groups is 2. The van der Waals surface area contributed by atoms with E-state index in [0.717, 1.165) is 5.56 Å². The Kier molecular flexibility index (Phi) is 5.12. The molecule has 0 aliphatic carbocycles. The van der Waals surface area contributed by atoms with Crippen LogP contribution < -0.4 is 5.11 Å². The molecule has 5 nitrogen and oxygen atoms in total. The van der Waals surface area contributed by atoms with Crippen molar-refractivity contribution < 1.29 is 19.4 Å². The van der Waals surface area contributed by atoms with Crippen LogP contribution in [0.4, 0.5) is 0 Å². The van der Waals surface area contributed by atoms with Gasteiger partial charge in [-0.25, -0.2) is 0 Å². The molecule has 1 aliphatic heterocycles. The molecule has 0 aromatic heterocycles. The molecule has 1 aliphatic rings. The van der Waals surface area contributed by atoms with Crippen molar-refractivity contribution in [1.29, 1.82) is 0 Å². The smallest absolute Gasteiger partial charge is 0.223 e. The highest BCUT2D eigenvalue weighted by Gasteiger charge is 2.22. The zero-order valence-corrected chi connectivity index (χ0v) is 11.3. The van der Waals surface area contributed by atoms with Crippen LogP contribution in [0.2, 0.25) is 0 Å². The third-order valence-corrected chi connectivity index (χ3v) is 3.47. The van der Waals surface area contributed by atoms with E-state index in [4.69, 9.17) is 4.74 Å². The van der Waals surface area contributed by atoms with Gasteiger partial charge in [0.25, 0.3) is 0 Å². The van der Waals surface area contributed by atoms with E-state index in [1.54, 1.807) is 4.90 Å². The molecule has 108 valence electrons. The first-order valence-corrected chi connectivity index (χ1v) is 6.77. The normalized spacial score (nSPS) is 16.7. The number of benzene rings is 1. The molecule has 0 N–H and O–H groups in total. The third kappa shape index (κ3) is 4.06. The summed E-state index contributed by atoms with van der Waals surface area (Å²) in [6.07, 6.45) is 0.0537. The lowest BCUT2D eigenvalue weighted by atomic mass is 9.92. The maximum absolute atomic E-state index is 12.2. The van der Waals surface area contributed by atoms with Gasteiger partial charge in [-0.3, -0.25) is 4.79 Å². The van der Waals surface area contributed by atoms with Gasteiger partial charge in [0.15, 0.2) is 0 Å². The molecule has 1 saturated heterocycles. The molecular weight excluding hydrogens is 258 g/mol. The molecule has 1 aromatic rings. The first kappa shape index (κ1) is 14.5. The van der Waals surface area contributed by atoms with Crippen LogP contribution in [0.3, 0.4) is 0 Å². The zero-order chi connectivity index (χ0) is 14.4. The minimum atomic E-state index is -1.13. The van der Waals surface area contributed by atoms with Gasteiger partial charge in [0.05, 0.1) is 13.2 Å². The number of carbonyl (C=O) groups excluding carboxylic acids is 2. The summed E-state index contributed by atoms with van der Waals surface area (Å²) in [5.41, 5.74) is 0.860. The Morgan fingerprint density at radius 3 is 2.40 bits per heavy atom. The summed E-state index contributed by atoms with van der Waals surface area (Å²) in [6, 6.07) is 9.25. The predicted molar refractivity (Wildman–Crippen MR) is 70.8 cm³/mol. The van der Waals surface area contributed by atoms with Crippen molar-refractivity contribution in [2.75, 3.05) is 26.3 Å². The van der Waals surface area contributed by atoms with Crippen molar-refractivity contribution in [3.63, 3.8) is 0 Å². The number of aliphatic carboxylic acids is 1. The van der Waals surface area contributed by atoms with Gasteiger partial charge in [0.2, 0.25) is 5.91 Å². The van der Waals surface area contributed by atoms with Crippen LogP contribution in [0.5, 0.6) is 0 Å². The Labute approximate surface area is 118 Å². The lowest BCUT2D eigenvalue weighted by molar-refractivity contribution is -0.306. The van der Waals surface area contributed by atoms with Gasteiger partial charge in [0, 0.05) is 25.5 Å². The fourth-order valence-corrected chi connectivity index (χ4v) is 2.39. The molecule has 1 aromatic carbocycles. The summed E-state index contributed by atoms with van der Waals surface area (Å²) in [7, 11) is 0. The number of amides is 1. The lowest BCUT2D eigenvalue weighted by Gasteiger charge is -2.28. The molecular formula is C15H18NO4-. The minimum Gasteiger partial charge on any atom is -0.550 e. The van der Waals surface area contributed by atoms with Gasteiger partial charge in [-0.2, -0.15) is 0 Å². The van der Waals surface area contributed by atoms with Gasteiger partial charge >= 0.3 is 0 Å². The molecule has 0 radical (unpaired) electrons. The van der Waals surface area contributed by atoms with E-state index < -0.39 is 5.97 Å². The molecule has 1 atom stereocenters. The SMILES string of the molecule is O=C([O-])C[C@H](CC(=O)N1CCOCC1)c1ccccc1. The fourth-order valence-electron chi connectivity index (χ4n) is 2.39. The average molecular weight is 276 g/mol. The van der Waals surface area contributed by atoms with Crippen LogP contribution in [-0.4, -0.2) is 43.1 Å². The van der Waals surface area contributed by atoms with Crippen LogP contribution >= 0.6 is 0 Å². The monoisotopic (exact) mass is 276 g/mol. The van der Waals surface area contributed by atoms with Crippen molar-refractivity contribution >= 4 is 11.9 Å². The summed E-state index contributed by atoms with van der Waals surface area (Å²) >= 11 is 0. The van der Waals surface area contributed by atoms with Crippen molar-refractivity contribution in [2.45, 2.75) is 18.8 Å². The van der Waals surface area contributed by atoms with E-state index in [9.17, 15) is 14.7 Å². The van der Waals surface area contributed by atoms with Gasteiger partial charge in [-0.15, -0.1) is 0 Å². The molecule has 1 amide bonds. The molecule has 0 bridgehead atoms. The van der Waals surface area contributed by atoms with Crippen LogP contribution in [0.25, 0.3) is 0 Å². The van der Waals surface area contributed by atoms with Crippen molar-refractivity contribution in [3.05, 3.63) is 35.9 Å². The highest BCUT2D eigenvalue weighted by molar-refractivity contribution is 5.78. The second-order valence-corrected chi connectivity index (χ2v) is 4.88. The summed E-state index contributed by atoms with van der Waals surface area (Å²) in [5.74, 6) is -1.49. The topological polar surface area (TPSA) is 69.7 Å². The standard InChI is InChI=1S/C15H19NO4/c17-14(16-6-8-20-9-7-16)10-13(11-15(18)19)12-4-2-1-3-5-12/h1-5,13H,6-11H2,(H,18,19)/p-1/t13-/m0/s1. The summed E-state index contributed by atoms with van der Waals surface area (Å²) in [4.78, 5) is 24.8. The first-order valence-electron chi connectivity index (χ1n) is 6.77. The van der Waals surface area contributed by atoms with Gasteiger partial charge in [-0.1, -0.05) is 30.3 Å². The average Bonchev–Trinajstić information content (AvgIpc) is 2.48. The second-order valence-electron chi connectivity index (χ2n) is 4.88. The Bertz CT molecular complexity index is 454. The predicted octanol–water partition coefficient (Wildman–Crippen LogP) is 0.159. The molecule has 0 unspecified atom stereocenters. The molecule has 0 saturated carbocycles. The van der Waals surface area contributed by atoms with E-state index >= 15 is 0 Å². The molecule has 20 heavy (non-hydrogen) atoms. The van der Waals surface area contributed by atoms with Crippen LogP contribution in [-0.2, 0) is 14.3 Å². The number of carboxylic acid groups (broad SMARTS) is 1. The zero-order valence-electron chi connectivity index (χ0n) is 11.3. The molecule has 2 rings (SSSR count). The number of ether oxygens (including phenoxy) is 1. The Balaban J connectivity index is 2.03. The molecule has 1 fully saturated rings.